The van der Waals surface area contributed by atoms with E-state index in [1.165, 1.54) is 6.07 Å². The molecule has 1 aromatic rings. The van der Waals surface area contributed by atoms with Gasteiger partial charge < -0.3 is 19.9 Å². The first-order valence-electron chi connectivity index (χ1n) is 7.63. The number of halogens is 2. The number of aliphatic carboxylic acids is 1. The van der Waals surface area contributed by atoms with E-state index in [-0.39, 0.29) is 51.3 Å². The van der Waals surface area contributed by atoms with Crippen molar-refractivity contribution in [1.29, 1.82) is 0 Å². The number of benzene rings is 1. The van der Waals surface area contributed by atoms with Crippen LogP contribution in [-0.4, -0.2) is 42.3 Å². The summed E-state index contributed by atoms with van der Waals surface area (Å²) < 4.78 is 36.4. The highest BCUT2D eigenvalue weighted by atomic mass is 19.1. The number of carbonyl (C=O) groups excluding carboxylic acids is 1. The summed E-state index contributed by atoms with van der Waals surface area (Å²) in [6, 6.07) is 2.96. The normalized spacial score (nSPS) is 16.4. The van der Waals surface area contributed by atoms with Crippen LogP contribution in [0.15, 0.2) is 18.2 Å². The molecule has 1 fully saturated rings. The van der Waals surface area contributed by atoms with Gasteiger partial charge in [0.15, 0.2) is 11.6 Å². The molecule has 0 saturated carbocycles. The number of hydrogen-bond acceptors (Lipinski definition) is 4. The van der Waals surface area contributed by atoms with Crippen molar-refractivity contribution in [2.24, 2.45) is 0 Å². The third-order valence-corrected chi connectivity index (χ3v) is 3.83. The third-order valence-electron chi connectivity index (χ3n) is 3.83. The van der Waals surface area contributed by atoms with Gasteiger partial charge in [0.1, 0.15) is 11.4 Å². The van der Waals surface area contributed by atoms with Crippen molar-refractivity contribution in [3.05, 3.63) is 29.8 Å². The van der Waals surface area contributed by atoms with Crippen LogP contribution in [0.1, 0.15) is 25.7 Å². The summed E-state index contributed by atoms with van der Waals surface area (Å²) in [6.45, 7) is 0.609. The van der Waals surface area contributed by atoms with Gasteiger partial charge in [0.05, 0.1) is 6.61 Å². The van der Waals surface area contributed by atoms with Crippen molar-refractivity contribution < 1.29 is 33.0 Å². The molecule has 0 radical (unpaired) electrons. The Bertz CT molecular complexity index is 602. The summed E-state index contributed by atoms with van der Waals surface area (Å²) in [5.41, 5.74) is -1.29. The molecular weight excluding hydrogens is 324 g/mol. The number of ether oxygens (including phenoxy) is 2. The first kappa shape index (κ1) is 18.1. The lowest BCUT2D eigenvalue weighted by molar-refractivity contribution is -0.152. The van der Waals surface area contributed by atoms with Crippen LogP contribution < -0.4 is 10.1 Å². The summed E-state index contributed by atoms with van der Waals surface area (Å²) in [4.78, 5) is 23.4. The summed E-state index contributed by atoms with van der Waals surface area (Å²) in [7, 11) is 0. The highest BCUT2D eigenvalue weighted by molar-refractivity contribution is 5.87. The Morgan fingerprint density at radius 3 is 2.62 bits per heavy atom. The molecule has 1 aromatic carbocycles. The van der Waals surface area contributed by atoms with Crippen molar-refractivity contribution in [2.45, 2.75) is 31.2 Å². The Hall–Kier alpha value is -2.22. The van der Waals surface area contributed by atoms with E-state index >= 15 is 0 Å². The average molecular weight is 343 g/mol. The Labute approximate surface area is 137 Å². The van der Waals surface area contributed by atoms with Gasteiger partial charge in [0.25, 0.3) is 0 Å². The molecule has 0 aromatic heterocycles. The highest BCUT2D eigenvalue weighted by Crippen LogP contribution is 2.21. The monoisotopic (exact) mass is 343 g/mol. The minimum atomic E-state index is -1.29. The fraction of sp³-hybridized carbons (Fsp3) is 0.500. The van der Waals surface area contributed by atoms with Crippen LogP contribution >= 0.6 is 0 Å². The first-order valence-corrected chi connectivity index (χ1v) is 7.63. The van der Waals surface area contributed by atoms with Crippen molar-refractivity contribution in [2.75, 3.05) is 19.8 Å². The van der Waals surface area contributed by atoms with Gasteiger partial charge in [-0.25, -0.2) is 13.6 Å². The second-order valence-corrected chi connectivity index (χ2v) is 5.57. The van der Waals surface area contributed by atoms with E-state index in [0.29, 0.717) is 6.07 Å². The molecule has 8 heteroatoms. The maximum absolute atomic E-state index is 13.4. The van der Waals surface area contributed by atoms with E-state index in [1.807, 2.05) is 0 Å². The molecule has 0 atom stereocenters. The lowest BCUT2D eigenvalue weighted by Gasteiger charge is -2.33. The zero-order chi connectivity index (χ0) is 17.6. The highest BCUT2D eigenvalue weighted by Gasteiger charge is 2.41. The molecule has 0 unspecified atom stereocenters. The van der Waals surface area contributed by atoms with Gasteiger partial charge in [0, 0.05) is 38.5 Å². The van der Waals surface area contributed by atoms with E-state index in [1.54, 1.807) is 0 Å². The second-order valence-electron chi connectivity index (χ2n) is 5.57. The van der Waals surface area contributed by atoms with Gasteiger partial charge in [-0.05, 0) is 18.6 Å². The van der Waals surface area contributed by atoms with Crippen molar-refractivity contribution >= 4 is 11.9 Å². The van der Waals surface area contributed by atoms with Crippen molar-refractivity contribution in [3.63, 3.8) is 0 Å². The quantitative estimate of drug-likeness (QED) is 0.739. The SMILES string of the molecule is O=C(CCCOc1ccc(F)cc1F)NC1(C(=O)O)CCOCC1. The van der Waals surface area contributed by atoms with Gasteiger partial charge in [-0.15, -0.1) is 0 Å². The van der Waals surface area contributed by atoms with E-state index in [9.17, 15) is 23.5 Å². The van der Waals surface area contributed by atoms with Gasteiger partial charge in [-0.2, -0.15) is 0 Å². The molecule has 2 rings (SSSR count). The Morgan fingerprint density at radius 2 is 2.00 bits per heavy atom. The van der Waals surface area contributed by atoms with Crippen LogP contribution in [0.25, 0.3) is 0 Å². The zero-order valence-corrected chi connectivity index (χ0v) is 13.0. The van der Waals surface area contributed by atoms with Crippen molar-refractivity contribution in [3.8, 4) is 5.75 Å². The maximum atomic E-state index is 13.4. The Morgan fingerprint density at radius 1 is 1.29 bits per heavy atom. The Balaban J connectivity index is 1.77. The van der Waals surface area contributed by atoms with Crippen LogP contribution in [0, 0.1) is 11.6 Å². The fourth-order valence-corrected chi connectivity index (χ4v) is 2.45. The predicted octanol–water partition coefficient (Wildman–Crippen LogP) is 1.87. The summed E-state index contributed by atoms with van der Waals surface area (Å²) in [5, 5.41) is 11.9. The number of carboxylic acid groups (broad SMARTS) is 1. The molecular formula is C16H19F2NO5. The number of carbonyl (C=O) groups is 2. The molecule has 6 nitrogen and oxygen atoms in total. The topological polar surface area (TPSA) is 84.9 Å². The van der Waals surface area contributed by atoms with E-state index in [0.717, 1.165) is 6.07 Å². The van der Waals surface area contributed by atoms with E-state index < -0.39 is 29.0 Å². The second kappa shape index (κ2) is 8.05. The van der Waals surface area contributed by atoms with Crippen LogP contribution in [-0.2, 0) is 14.3 Å². The lowest BCUT2D eigenvalue weighted by atomic mass is 9.90. The minimum Gasteiger partial charge on any atom is -0.491 e. The Kier molecular flexibility index (Phi) is 6.08. The maximum Gasteiger partial charge on any atom is 0.329 e. The molecule has 24 heavy (non-hydrogen) atoms. The summed E-state index contributed by atoms with van der Waals surface area (Å²) in [6.07, 6.45) is 0.740. The lowest BCUT2D eigenvalue weighted by Crippen LogP contribution is -2.57. The zero-order valence-electron chi connectivity index (χ0n) is 13.0. The predicted molar refractivity (Wildman–Crippen MR) is 79.6 cm³/mol. The molecule has 1 saturated heterocycles. The molecule has 2 N–H and O–H groups in total. The number of nitrogens with one attached hydrogen (secondary N) is 1. The molecule has 0 spiro atoms. The molecule has 0 bridgehead atoms. The summed E-state index contributed by atoms with van der Waals surface area (Å²) in [5.74, 6) is -3.10. The van der Waals surface area contributed by atoms with Crippen LogP contribution in [0.5, 0.6) is 5.75 Å². The largest absolute Gasteiger partial charge is 0.491 e. The number of amides is 1. The van der Waals surface area contributed by atoms with Gasteiger partial charge in [0.2, 0.25) is 5.91 Å². The van der Waals surface area contributed by atoms with E-state index in [4.69, 9.17) is 9.47 Å². The standard InChI is InChI=1S/C16H19F2NO5/c17-11-3-4-13(12(18)10-11)24-7-1-2-14(20)19-16(15(21)22)5-8-23-9-6-16/h3-4,10H,1-2,5-9H2,(H,19,20)(H,21,22). The molecule has 1 amide bonds. The minimum absolute atomic E-state index is 0.0404. The fourth-order valence-electron chi connectivity index (χ4n) is 2.45. The third kappa shape index (κ3) is 4.64. The van der Waals surface area contributed by atoms with Gasteiger partial charge in [-0.1, -0.05) is 0 Å². The average Bonchev–Trinajstić information content (AvgIpc) is 2.54. The number of carboxylic acids is 1. The molecule has 1 heterocycles. The summed E-state index contributed by atoms with van der Waals surface area (Å²) >= 11 is 0. The van der Waals surface area contributed by atoms with Gasteiger partial charge >= 0.3 is 5.97 Å². The molecule has 132 valence electrons. The molecule has 1 aliphatic heterocycles. The van der Waals surface area contributed by atoms with Crippen LogP contribution in [0.2, 0.25) is 0 Å². The molecule has 0 aliphatic carbocycles. The van der Waals surface area contributed by atoms with Gasteiger partial charge in [-0.3, -0.25) is 4.79 Å². The number of hydrogen-bond donors (Lipinski definition) is 2. The smallest absolute Gasteiger partial charge is 0.329 e. The first-order chi connectivity index (χ1) is 11.4. The number of rotatable bonds is 7. The van der Waals surface area contributed by atoms with Crippen LogP contribution in [0.3, 0.4) is 0 Å². The molecule has 1 aliphatic rings. The van der Waals surface area contributed by atoms with E-state index in [2.05, 4.69) is 5.32 Å². The van der Waals surface area contributed by atoms with Crippen LogP contribution in [0.4, 0.5) is 8.78 Å². The van der Waals surface area contributed by atoms with Crippen molar-refractivity contribution in [1.82, 2.24) is 5.32 Å².